The standard InChI is InChI=1S/C11H13N3O2S/c1-2-9(17-7-1)11-12-10(16-13-11)8-14-3-5-15-6-4-14/h1-2,7H,3-6,8H2. The van der Waals surface area contributed by atoms with Crippen LogP contribution < -0.4 is 0 Å². The van der Waals surface area contributed by atoms with E-state index < -0.39 is 0 Å². The van der Waals surface area contributed by atoms with Crippen LogP contribution in [0.3, 0.4) is 0 Å². The Kier molecular flexibility index (Phi) is 3.17. The fraction of sp³-hybridized carbons (Fsp3) is 0.455. The summed E-state index contributed by atoms with van der Waals surface area (Å²) < 4.78 is 10.5. The SMILES string of the molecule is c1csc(-c2noc(CN3CCOCC3)n2)c1. The van der Waals surface area contributed by atoms with Gasteiger partial charge in [-0.25, -0.2) is 0 Å². The molecule has 5 nitrogen and oxygen atoms in total. The van der Waals surface area contributed by atoms with Gasteiger partial charge in [-0.3, -0.25) is 4.90 Å². The molecule has 1 aliphatic rings. The maximum atomic E-state index is 5.29. The van der Waals surface area contributed by atoms with Gasteiger partial charge >= 0.3 is 0 Å². The van der Waals surface area contributed by atoms with Gasteiger partial charge in [0.1, 0.15) is 0 Å². The Hall–Kier alpha value is -1.24. The Morgan fingerprint density at radius 3 is 3.00 bits per heavy atom. The lowest BCUT2D eigenvalue weighted by atomic mass is 10.4. The summed E-state index contributed by atoms with van der Waals surface area (Å²) in [6, 6.07) is 3.98. The number of morpholine rings is 1. The van der Waals surface area contributed by atoms with Gasteiger partial charge in [0.15, 0.2) is 0 Å². The second kappa shape index (κ2) is 4.95. The predicted molar refractivity (Wildman–Crippen MR) is 63.7 cm³/mol. The summed E-state index contributed by atoms with van der Waals surface area (Å²) >= 11 is 1.62. The first-order valence-electron chi connectivity index (χ1n) is 5.58. The molecule has 0 spiro atoms. The monoisotopic (exact) mass is 251 g/mol. The number of rotatable bonds is 3. The molecule has 6 heteroatoms. The summed E-state index contributed by atoms with van der Waals surface area (Å²) in [5.74, 6) is 1.36. The highest BCUT2D eigenvalue weighted by atomic mass is 32.1. The second-order valence-corrected chi connectivity index (χ2v) is 4.83. The fourth-order valence-electron chi connectivity index (χ4n) is 1.78. The Balaban J connectivity index is 1.68. The Morgan fingerprint density at radius 1 is 1.35 bits per heavy atom. The van der Waals surface area contributed by atoms with Crippen molar-refractivity contribution in [3.8, 4) is 10.7 Å². The third-order valence-electron chi connectivity index (χ3n) is 2.67. The molecule has 0 aromatic carbocycles. The Bertz CT molecular complexity index is 463. The van der Waals surface area contributed by atoms with Crippen molar-refractivity contribution < 1.29 is 9.26 Å². The van der Waals surface area contributed by atoms with Gasteiger partial charge in [-0.05, 0) is 11.4 Å². The van der Waals surface area contributed by atoms with Crippen molar-refractivity contribution in [3.05, 3.63) is 23.4 Å². The molecule has 3 rings (SSSR count). The second-order valence-electron chi connectivity index (χ2n) is 3.88. The molecular weight excluding hydrogens is 238 g/mol. The van der Waals surface area contributed by atoms with Crippen LogP contribution in [0.2, 0.25) is 0 Å². The minimum absolute atomic E-state index is 0.676. The molecule has 1 fully saturated rings. The third-order valence-corrected chi connectivity index (χ3v) is 3.54. The van der Waals surface area contributed by atoms with Crippen molar-refractivity contribution in [1.29, 1.82) is 0 Å². The summed E-state index contributed by atoms with van der Waals surface area (Å²) in [5, 5.41) is 6.00. The molecular formula is C11H13N3O2S. The topological polar surface area (TPSA) is 51.4 Å². The summed E-state index contributed by atoms with van der Waals surface area (Å²) in [7, 11) is 0. The molecule has 0 unspecified atom stereocenters. The van der Waals surface area contributed by atoms with Crippen LogP contribution in [-0.2, 0) is 11.3 Å². The molecule has 0 aliphatic carbocycles. The van der Waals surface area contributed by atoms with E-state index >= 15 is 0 Å². The van der Waals surface area contributed by atoms with Gasteiger partial charge in [0.25, 0.3) is 0 Å². The molecule has 1 saturated heterocycles. The van der Waals surface area contributed by atoms with Crippen molar-refractivity contribution in [3.63, 3.8) is 0 Å². The smallest absolute Gasteiger partial charge is 0.241 e. The fourth-order valence-corrected chi connectivity index (χ4v) is 2.42. The predicted octanol–water partition coefficient (Wildman–Crippen LogP) is 1.63. The maximum absolute atomic E-state index is 5.29. The molecule has 3 heterocycles. The van der Waals surface area contributed by atoms with E-state index in [1.54, 1.807) is 11.3 Å². The normalized spacial score (nSPS) is 17.4. The number of ether oxygens (including phenoxy) is 1. The van der Waals surface area contributed by atoms with Crippen LogP contribution in [0.15, 0.2) is 22.0 Å². The van der Waals surface area contributed by atoms with E-state index in [2.05, 4.69) is 15.0 Å². The van der Waals surface area contributed by atoms with Crippen molar-refractivity contribution in [2.24, 2.45) is 0 Å². The molecule has 0 radical (unpaired) electrons. The Labute approximate surface area is 103 Å². The zero-order chi connectivity index (χ0) is 11.5. The molecule has 2 aromatic rings. The van der Waals surface area contributed by atoms with Crippen LogP contribution in [0.25, 0.3) is 10.7 Å². The van der Waals surface area contributed by atoms with Crippen molar-refractivity contribution in [2.75, 3.05) is 26.3 Å². The average molecular weight is 251 g/mol. The lowest BCUT2D eigenvalue weighted by Gasteiger charge is -2.24. The molecule has 0 N–H and O–H groups in total. The number of hydrogen-bond acceptors (Lipinski definition) is 6. The van der Waals surface area contributed by atoms with E-state index in [-0.39, 0.29) is 0 Å². The molecule has 0 atom stereocenters. The van der Waals surface area contributed by atoms with Crippen molar-refractivity contribution in [2.45, 2.75) is 6.54 Å². The number of nitrogens with zero attached hydrogens (tertiary/aromatic N) is 3. The van der Waals surface area contributed by atoms with Crippen LogP contribution in [-0.4, -0.2) is 41.3 Å². The lowest BCUT2D eigenvalue weighted by molar-refractivity contribution is 0.0297. The van der Waals surface area contributed by atoms with E-state index in [1.807, 2.05) is 17.5 Å². The van der Waals surface area contributed by atoms with E-state index in [9.17, 15) is 0 Å². The van der Waals surface area contributed by atoms with E-state index in [4.69, 9.17) is 9.26 Å². The third kappa shape index (κ3) is 2.54. The van der Waals surface area contributed by atoms with Gasteiger partial charge < -0.3 is 9.26 Å². The highest BCUT2D eigenvalue weighted by Gasteiger charge is 2.15. The highest BCUT2D eigenvalue weighted by molar-refractivity contribution is 7.13. The first kappa shape index (κ1) is 10.9. The van der Waals surface area contributed by atoms with Crippen LogP contribution >= 0.6 is 11.3 Å². The van der Waals surface area contributed by atoms with E-state index in [0.29, 0.717) is 18.3 Å². The molecule has 17 heavy (non-hydrogen) atoms. The van der Waals surface area contributed by atoms with E-state index in [0.717, 1.165) is 31.2 Å². The maximum Gasteiger partial charge on any atom is 0.241 e. The molecule has 90 valence electrons. The molecule has 0 saturated carbocycles. The number of thiophene rings is 1. The summed E-state index contributed by atoms with van der Waals surface area (Å²) in [6.07, 6.45) is 0. The van der Waals surface area contributed by atoms with Crippen LogP contribution in [0, 0.1) is 0 Å². The molecule has 2 aromatic heterocycles. The summed E-state index contributed by atoms with van der Waals surface area (Å²) in [6.45, 7) is 4.13. The first-order valence-corrected chi connectivity index (χ1v) is 6.46. The lowest BCUT2D eigenvalue weighted by Crippen LogP contribution is -2.35. The quantitative estimate of drug-likeness (QED) is 0.830. The van der Waals surface area contributed by atoms with Crippen LogP contribution in [0.1, 0.15) is 5.89 Å². The minimum atomic E-state index is 0.676. The van der Waals surface area contributed by atoms with Crippen molar-refractivity contribution in [1.82, 2.24) is 15.0 Å². The summed E-state index contributed by atoms with van der Waals surface area (Å²) in [5.41, 5.74) is 0. The zero-order valence-electron chi connectivity index (χ0n) is 9.33. The average Bonchev–Trinajstić information content (AvgIpc) is 3.00. The molecule has 0 bridgehead atoms. The van der Waals surface area contributed by atoms with Crippen molar-refractivity contribution >= 4 is 11.3 Å². The summed E-state index contributed by atoms with van der Waals surface area (Å²) in [4.78, 5) is 7.70. The van der Waals surface area contributed by atoms with Crippen LogP contribution in [0.4, 0.5) is 0 Å². The van der Waals surface area contributed by atoms with E-state index in [1.165, 1.54) is 0 Å². The van der Waals surface area contributed by atoms with Gasteiger partial charge in [0.05, 0.1) is 24.6 Å². The minimum Gasteiger partial charge on any atom is -0.379 e. The number of hydrogen-bond donors (Lipinski definition) is 0. The Morgan fingerprint density at radius 2 is 2.24 bits per heavy atom. The van der Waals surface area contributed by atoms with Gasteiger partial charge in [-0.1, -0.05) is 11.2 Å². The van der Waals surface area contributed by atoms with Crippen LogP contribution in [0.5, 0.6) is 0 Å². The zero-order valence-corrected chi connectivity index (χ0v) is 10.2. The molecule has 0 amide bonds. The first-order chi connectivity index (χ1) is 8.42. The van der Waals surface area contributed by atoms with Gasteiger partial charge in [-0.2, -0.15) is 4.98 Å². The van der Waals surface area contributed by atoms with Gasteiger partial charge in [0.2, 0.25) is 11.7 Å². The molecule has 1 aliphatic heterocycles. The van der Waals surface area contributed by atoms with Gasteiger partial charge in [0, 0.05) is 13.1 Å². The van der Waals surface area contributed by atoms with Gasteiger partial charge in [-0.15, -0.1) is 11.3 Å². The highest BCUT2D eigenvalue weighted by Crippen LogP contribution is 2.21. The largest absolute Gasteiger partial charge is 0.379 e. The number of aromatic nitrogens is 2.